The third kappa shape index (κ3) is 4.96. The fourth-order valence-corrected chi connectivity index (χ4v) is 3.80. The van der Waals surface area contributed by atoms with Crippen LogP contribution in [0.1, 0.15) is 24.0 Å². The Labute approximate surface area is 177 Å². The molecule has 0 bridgehead atoms. The number of aryl methyl sites for hydroxylation is 1. The van der Waals surface area contributed by atoms with Crippen LogP contribution < -0.4 is 16.2 Å². The first-order valence-corrected chi connectivity index (χ1v) is 9.65. The number of piperidine rings is 1. The number of nitriles is 1. The number of esters is 1. The number of ether oxygens (including phenoxy) is 1. The minimum Gasteiger partial charge on any atom is -0.434 e. The smallest absolute Gasteiger partial charge is 0.398 e. The summed E-state index contributed by atoms with van der Waals surface area (Å²) in [6.07, 6.45) is 0.999. The summed E-state index contributed by atoms with van der Waals surface area (Å²) in [4.78, 5) is 36.4. The lowest BCUT2D eigenvalue weighted by Crippen LogP contribution is -2.48. The highest BCUT2D eigenvalue weighted by Crippen LogP contribution is 2.30. The van der Waals surface area contributed by atoms with E-state index in [2.05, 4.69) is 11.2 Å². The van der Waals surface area contributed by atoms with Crippen molar-refractivity contribution in [2.24, 2.45) is 18.7 Å². The number of halogens is 1. The van der Waals surface area contributed by atoms with Crippen molar-refractivity contribution in [3.63, 3.8) is 0 Å². The van der Waals surface area contributed by atoms with E-state index in [4.69, 9.17) is 27.3 Å². The number of hydrogen-bond acceptors (Lipinski definition) is 7. The molecule has 2 unspecified atom stereocenters. The first-order valence-electron chi connectivity index (χ1n) is 9.28. The number of carbonyl (C=O) groups is 2. The number of carbonyl (C=O) groups excluding carboxylic acids is 2. The Kier molecular flexibility index (Phi) is 6.37. The molecule has 156 valence electrons. The molecule has 1 saturated heterocycles. The van der Waals surface area contributed by atoms with Crippen molar-refractivity contribution in [1.82, 2.24) is 9.78 Å². The first-order chi connectivity index (χ1) is 14.3. The largest absolute Gasteiger partial charge is 0.434 e. The molecule has 2 heterocycles. The highest BCUT2D eigenvalue weighted by atomic mass is 35.5. The lowest BCUT2D eigenvalue weighted by Gasteiger charge is -2.39. The Hall–Kier alpha value is -3.38. The van der Waals surface area contributed by atoms with Gasteiger partial charge in [-0.2, -0.15) is 10.4 Å². The van der Waals surface area contributed by atoms with E-state index in [1.54, 1.807) is 29.2 Å². The van der Waals surface area contributed by atoms with E-state index in [0.717, 1.165) is 12.0 Å². The van der Waals surface area contributed by atoms with Gasteiger partial charge in [-0.05, 0) is 48.6 Å². The standard InChI is InChI=1S/C20H20ClN5O4/c1-25-17(27)3-2-16(24-25)26-5-4-12(10-18(26)30-20(29)19(23)28)6-13-7-14(11-22)9-15(21)8-13/h2-3,7-9,12,18H,4-6,10H2,1H3,(H2,23,28). The zero-order valence-corrected chi connectivity index (χ0v) is 17.0. The van der Waals surface area contributed by atoms with Gasteiger partial charge in [0.05, 0.1) is 11.6 Å². The summed E-state index contributed by atoms with van der Waals surface area (Å²) in [6, 6.07) is 10.2. The number of hydrogen-bond donors (Lipinski definition) is 1. The van der Waals surface area contributed by atoms with Gasteiger partial charge in [0.25, 0.3) is 5.56 Å². The molecule has 0 aliphatic carbocycles. The van der Waals surface area contributed by atoms with Crippen molar-refractivity contribution in [1.29, 1.82) is 5.26 Å². The van der Waals surface area contributed by atoms with Crippen LogP contribution in [0.2, 0.25) is 5.02 Å². The minimum absolute atomic E-state index is 0.101. The molecular weight excluding hydrogens is 410 g/mol. The zero-order valence-electron chi connectivity index (χ0n) is 16.2. The highest BCUT2D eigenvalue weighted by Gasteiger charge is 2.33. The van der Waals surface area contributed by atoms with Crippen molar-refractivity contribution < 1.29 is 14.3 Å². The van der Waals surface area contributed by atoms with Gasteiger partial charge in [-0.15, -0.1) is 0 Å². The summed E-state index contributed by atoms with van der Waals surface area (Å²) < 4.78 is 6.52. The van der Waals surface area contributed by atoms with Crippen molar-refractivity contribution in [3.8, 4) is 6.07 Å². The van der Waals surface area contributed by atoms with Crippen LogP contribution in [-0.2, 0) is 27.8 Å². The van der Waals surface area contributed by atoms with E-state index < -0.39 is 18.1 Å². The molecule has 0 radical (unpaired) electrons. The number of primary amides is 1. The Morgan fingerprint density at radius 3 is 2.80 bits per heavy atom. The number of aromatic nitrogens is 2. The van der Waals surface area contributed by atoms with Gasteiger partial charge in [0, 0.05) is 31.1 Å². The quantitative estimate of drug-likeness (QED) is 0.568. The summed E-state index contributed by atoms with van der Waals surface area (Å²) in [5.41, 5.74) is 6.15. The van der Waals surface area contributed by atoms with E-state index >= 15 is 0 Å². The maximum Gasteiger partial charge on any atom is 0.398 e. The molecule has 1 amide bonds. The van der Waals surface area contributed by atoms with Crippen LogP contribution >= 0.6 is 11.6 Å². The maximum atomic E-state index is 11.8. The van der Waals surface area contributed by atoms with Crippen molar-refractivity contribution >= 4 is 29.3 Å². The molecule has 1 fully saturated rings. The second-order valence-electron chi connectivity index (χ2n) is 7.13. The average molecular weight is 430 g/mol. The fourth-order valence-electron chi connectivity index (χ4n) is 3.55. The molecule has 1 aromatic heterocycles. The lowest BCUT2D eigenvalue weighted by atomic mass is 9.88. The summed E-state index contributed by atoms with van der Waals surface area (Å²) >= 11 is 6.09. The second kappa shape index (κ2) is 8.97. The van der Waals surface area contributed by atoms with E-state index in [9.17, 15) is 14.4 Å². The molecule has 2 atom stereocenters. The van der Waals surface area contributed by atoms with Gasteiger partial charge in [-0.25, -0.2) is 9.48 Å². The number of amides is 1. The molecule has 3 rings (SSSR count). The molecule has 2 N–H and O–H groups in total. The lowest BCUT2D eigenvalue weighted by molar-refractivity contribution is -0.158. The molecule has 1 aliphatic rings. The fraction of sp³-hybridized carbons (Fsp3) is 0.350. The number of rotatable bonds is 4. The molecule has 10 heteroatoms. The summed E-state index contributed by atoms with van der Waals surface area (Å²) in [6.45, 7) is 0.484. The van der Waals surface area contributed by atoms with Gasteiger partial charge < -0.3 is 15.4 Å². The predicted octanol–water partition coefficient (Wildman–Crippen LogP) is 1.12. The molecule has 1 aliphatic heterocycles. The van der Waals surface area contributed by atoms with E-state index in [1.807, 2.05) is 0 Å². The van der Waals surface area contributed by atoms with Crippen LogP contribution in [-0.4, -0.2) is 34.4 Å². The average Bonchev–Trinajstić information content (AvgIpc) is 2.70. The van der Waals surface area contributed by atoms with Gasteiger partial charge >= 0.3 is 11.9 Å². The molecule has 9 nitrogen and oxygen atoms in total. The number of anilines is 1. The van der Waals surface area contributed by atoms with Crippen LogP contribution in [0.15, 0.2) is 35.1 Å². The van der Waals surface area contributed by atoms with Gasteiger partial charge in [-0.3, -0.25) is 9.59 Å². The van der Waals surface area contributed by atoms with E-state index in [-0.39, 0.29) is 11.5 Å². The number of nitrogens with zero attached hydrogens (tertiary/aromatic N) is 4. The molecule has 1 aromatic carbocycles. The van der Waals surface area contributed by atoms with Gasteiger partial charge in [0.2, 0.25) is 0 Å². The van der Waals surface area contributed by atoms with Crippen LogP contribution in [0, 0.1) is 17.2 Å². The highest BCUT2D eigenvalue weighted by molar-refractivity contribution is 6.31. The van der Waals surface area contributed by atoms with Gasteiger partial charge in [0.15, 0.2) is 12.0 Å². The molecule has 2 aromatic rings. The van der Waals surface area contributed by atoms with Crippen molar-refractivity contribution in [3.05, 3.63) is 56.8 Å². The Morgan fingerprint density at radius 2 is 2.13 bits per heavy atom. The van der Waals surface area contributed by atoms with Crippen molar-refractivity contribution in [2.75, 3.05) is 11.4 Å². The molecule has 0 spiro atoms. The molecular formula is C20H20ClN5O4. The number of nitrogens with two attached hydrogens (primary N) is 1. The molecule has 0 saturated carbocycles. The minimum atomic E-state index is -1.18. The first kappa shape index (κ1) is 21.3. The molecule has 30 heavy (non-hydrogen) atoms. The Balaban J connectivity index is 1.83. The van der Waals surface area contributed by atoms with E-state index in [1.165, 1.54) is 17.8 Å². The predicted molar refractivity (Wildman–Crippen MR) is 108 cm³/mol. The summed E-state index contributed by atoms with van der Waals surface area (Å²) in [7, 11) is 1.52. The maximum absolute atomic E-state index is 11.8. The van der Waals surface area contributed by atoms with E-state index in [0.29, 0.717) is 35.8 Å². The summed E-state index contributed by atoms with van der Waals surface area (Å²) in [5.74, 6) is -1.76. The van der Waals surface area contributed by atoms with Gasteiger partial charge in [-0.1, -0.05) is 11.6 Å². The van der Waals surface area contributed by atoms with Crippen LogP contribution in [0.25, 0.3) is 0 Å². The zero-order chi connectivity index (χ0) is 21.8. The van der Waals surface area contributed by atoms with Crippen LogP contribution in [0.4, 0.5) is 5.82 Å². The van der Waals surface area contributed by atoms with Crippen molar-refractivity contribution in [2.45, 2.75) is 25.5 Å². The topological polar surface area (TPSA) is 131 Å². The Morgan fingerprint density at radius 1 is 1.37 bits per heavy atom. The Bertz CT molecular complexity index is 1080. The SMILES string of the molecule is Cn1nc(N2CCC(Cc3cc(Cl)cc(C#N)c3)CC2OC(=O)C(N)=O)ccc1=O. The normalized spacial score (nSPS) is 18.5. The summed E-state index contributed by atoms with van der Waals surface area (Å²) in [5, 5.41) is 13.8. The van der Waals surface area contributed by atoms with Gasteiger partial charge in [0.1, 0.15) is 0 Å². The number of benzene rings is 1. The third-order valence-corrected chi connectivity index (χ3v) is 5.18. The monoisotopic (exact) mass is 429 g/mol. The third-order valence-electron chi connectivity index (χ3n) is 4.96. The second-order valence-corrected chi connectivity index (χ2v) is 7.56. The van der Waals surface area contributed by atoms with Crippen LogP contribution in [0.5, 0.6) is 0 Å². The van der Waals surface area contributed by atoms with Crippen LogP contribution in [0.3, 0.4) is 0 Å².